The number of carbonyl (C=O) groups excluding carboxylic acids is 5. The number of nitrogens with one attached hydrogen (secondary N) is 4. The number of nitrogens with zero attached hydrogens (tertiary/aromatic N) is 1. The minimum Gasteiger partial charge on any atom is -0.459 e. The summed E-state index contributed by atoms with van der Waals surface area (Å²) in [6, 6.07) is 1.76. The quantitative estimate of drug-likeness (QED) is 0.225. The molecule has 1 saturated heterocycles. The second-order valence-corrected chi connectivity index (χ2v) is 15.6. The third-order valence-electron chi connectivity index (χ3n) is 9.97. The van der Waals surface area contributed by atoms with E-state index in [9.17, 15) is 41.2 Å². The van der Waals surface area contributed by atoms with Crippen LogP contribution in [0.5, 0.6) is 0 Å². The van der Waals surface area contributed by atoms with Crippen molar-refractivity contribution in [2.75, 3.05) is 13.2 Å². The molecule has 6 atom stereocenters. The number of amides is 4. The molecule has 17 heteroatoms. The van der Waals surface area contributed by atoms with Crippen LogP contribution in [0.15, 0.2) is 36.9 Å². The van der Waals surface area contributed by atoms with Crippen molar-refractivity contribution in [2.45, 2.75) is 99.4 Å². The molecule has 7 rings (SSSR count). The highest BCUT2D eigenvalue weighted by molar-refractivity contribution is 7.91. The molecule has 3 fully saturated rings. The molecule has 2 saturated carbocycles. The number of alkyl carbamates (subject to hydrolysis) is 1. The smallest absolute Gasteiger partial charge is 0.407 e. The minimum atomic E-state index is -3.97. The predicted molar refractivity (Wildman–Crippen MR) is 177 cm³/mol. The van der Waals surface area contributed by atoms with Gasteiger partial charge in [0, 0.05) is 25.3 Å². The number of hydrogen-bond donors (Lipinski definition) is 4. The number of ether oxygens (including phenoxy) is 2. The monoisotopic (exact) mass is 733 g/mol. The molecular formula is C34H41F2N5O9S. The number of hydrogen-bond acceptors (Lipinski definition) is 10. The summed E-state index contributed by atoms with van der Waals surface area (Å²) in [4.78, 5) is 68.2. The van der Waals surface area contributed by atoms with Crippen molar-refractivity contribution in [3.8, 4) is 0 Å². The van der Waals surface area contributed by atoms with Gasteiger partial charge in [0.2, 0.25) is 28.3 Å². The lowest BCUT2D eigenvalue weighted by atomic mass is 9.92. The van der Waals surface area contributed by atoms with E-state index in [1.54, 1.807) is 0 Å². The summed E-state index contributed by atoms with van der Waals surface area (Å²) in [7, 11) is -3.97. The van der Waals surface area contributed by atoms with Gasteiger partial charge in [0.25, 0.3) is 5.91 Å². The Morgan fingerprint density at radius 1 is 1.20 bits per heavy atom. The van der Waals surface area contributed by atoms with Crippen molar-refractivity contribution in [1.29, 1.82) is 0 Å². The molecule has 276 valence electrons. The number of alkyl halides is 2. The van der Waals surface area contributed by atoms with E-state index in [1.165, 1.54) is 6.08 Å². The van der Waals surface area contributed by atoms with E-state index >= 15 is 0 Å². The molecule has 2 aliphatic carbocycles. The van der Waals surface area contributed by atoms with Gasteiger partial charge >= 0.3 is 12.1 Å². The first kappa shape index (κ1) is 36.4. The fraction of sp³-hybridized carbons (Fsp3) is 0.559. The van der Waals surface area contributed by atoms with E-state index in [-0.39, 0.29) is 26.0 Å². The normalized spacial score (nSPS) is 30.5. The van der Waals surface area contributed by atoms with Crippen LogP contribution in [0, 0.1) is 5.92 Å². The molecule has 4 heterocycles. The van der Waals surface area contributed by atoms with Crippen LogP contribution in [-0.2, 0) is 51.6 Å². The maximum absolute atomic E-state index is 14.0. The number of sulfonamides is 1. The number of benzene rings is 1. The van der Waals surface area contributed by atoms with Crippen molar-refractivity contribution in [2.24, 2.45) is 5.92 Å². The fourth-order valence-corrected chi connectivity index (χ4v) is 8.27. The van der Waals surface area contributed by atoms with Crippen molar-refractivity contribution < 1.29 is 50.6 Å². The van der Waals surface area contributed by atoms with E-state index in [4.69, 9.17) is 9.47 Å². The Labute approximate surface area is 293 Å². The molecule has 4 amide bonds. The average Bonchev–Trinajstić information content (AvgIpc) is 4.01. The molecule has 4 N–H and O–H groups in total. The van der Waals surface area contributed by atoms with Gasteiger partial charge in [0.1, 0.15) is 29.8 Å². The highest BCUT2D eigenvalue weighted by atomic mass is 32.2. The highest BCUT2D eigenvalue weighted by Gasteiger charge is 2.62. The summed E-state index contributed by atoms with van der Waals surface area (Å²) >= 11 is 0. The zero-order valence-electron chi connectivity index (χ0n) is 27.8. The lowest BCUT2D eigenvalue weighted by molar-refractivity contribution is -0.152. The van der Waals surface area contributed by atoms with Gasteiger partial charge in [-0.05, 0) is 55.2 Å². The number of halogens is 2. The predicted octanol–water partition coefficient (Wildman–Crippen LogP) is 1.44. The molecule has 6 bridgehead atoms. The third-order valence-corrected chi connectivity index (χ3v) is 11.8. The minimum absolute atomic E-state index is 0.0286. The molecule has 14 nitrogen and oxygen atoms in total. The van der Waals surface area contributed by atoms with Crippen LogP contribution in [0.2, 0.25) is 0 Å². The van der Waals surface area contributed by atoms with E-state index < -0.39 is 93.6 Å². The SMILES string of the molecule is C=C[C@@H]1C[C@]1(NC(=O)[C@@H]1C[C@@H]2CN1C(=O)[C@H](CC(F)F)NC(=O)OCCC/C=C/c1cccc3c1CNC(C3)C(=O)O2)C(=O)NS(=O)(=O)C1CC1. The Kier molecular flexibility index (Phi) is 10.5. The first-order valence-electron chi connectivity index (χ1n) is 17.0. The first-order chi connectivity index (χ1) is 24.3. The van der Waals surface area contributed by atoms with Gasteiger partial charge in [-0.3, -0.25) is 29.2 Å². The van der Waals surface area contributed by atoms with Crippen molar-refractivity contribution >= 4 is 45.9 Å². The van der Waals surface area contributed by atoms with E-state index in [1.807, 2.05) is 35.1 Å². The van der Waals surface area contributed by atoms with Gasteiger partial charge in [-0.2, -0.15) is 0 Å². The standard InChI is InChI=1S/C34H41F2N5O9S/c1-2-21-16-34(21,32(45)40-51(47,48)23-10-11-23)39-29(42)27-14-22-18-41(27)30(43)25(15-28(35)36)38-33(46)49-12-5-3-4-7-19-8-6-9-20-13-26(31(44)50-22)37-17-24(19)20/h2,4,6-9,21-23,25-28,37H,1,3,5,10-18H2,(H,38,46)(H,39,42)(H,40,45)/b7-4+/t21-,22-,25+,26?,27+,34-/m1/s1. The molecule has 6 aliphatic rings. The maximum Gasteiger partial charge on any atom is 0.407 e. The number of rotatable bonds is 8. The van der Waals surface area contributed by atoms with Crippen LogP contribution in [0.4, 0.5) is 13.6 Å². The summed E-state index contributed by atoms with van der Waals surface area (Å²) in [5, 5.41) is 7.27. The topological polar surface area (TPSA) is 189 Å². The van der Waals surface area contributed by atoms with E-state index in [0.29, 0.717) is 38.6 Å². The lowest BCUT2D eigenvalue weighted by Gasteiger charge is -2.29. The molecule has 51 heavy (non-hydrogen) atoms. The molecule has 0 radical (unpaired) electrons. The Hall–Kier alpha value is -4.38. The van der Waals surface area contributed by atoms with Crippen LogP contribution < -0.4 is 20.7 Å². The molecule has 0 spiro atoms. The summed E-state index contributed by atoms with van der Waals surface area (Å²) in [6.07, 6.45) is 0.780. The van der Waals surface area contributed by atoms with Crippen LogP contribution in [0.3, 0.4) is 0 Å². The summed E-state index contributed by atoms with van der Waals surface area (Å²) in [5.74, 6) is -4.18. The zero-order valence-corrected chi connectivity index (χ0v) is 28.6. The van der Waals surface area contributed by atoms with E-state index in [0.717, 1.165) is 21.6 Å². The first-order valence-corrected chi connectivity index (χ1v) is 18.6. The highest BCUT2D eigenvalue weighted by Crippen LogP contribution is 2.45. The van der Waals surface area contributed by atoms with Gasteiger partial charge in [-0.25, -0.2) is 22.0 Å². The molecule has 1 aromatic rings. The van der Waals surface area contributed by atoms with Crippen LogP contribution in [-0.4, -0.2) is 97.7 Å². The van der Waals surface area contributed by atoms with Crippen LogP contribution >= 0.6 is 0 Å². The Morgan fingerprint density at radius 2 is 1.98 bits per heavy atom. The van der Waals surface area contributed by atoms with E-state index in [2.05, 4.69) is 22.5 Å². The van der Waals surface area contributed by atoms with Gasteiger partial charge < -0.3 is 25.0 Å². The number of carbonyl (C=O) groups is 5. The maximum atomic E-state index is 14.0. The van der Waals surface area contributed by atoms with Crippen molar-refractivity contribution in [3.63, 3.8) is 0 Å². The molecule has 1 unspecified atom stereocenters. The Balaban J connectivity index is 1.26. The van der Waals surface area contributed by atoms with Gasteiger partial charge in [-0.15, -0.1) is 6.58 Å². The van der Waals surface area contributed by atoms with Gasteiger partial charge in [-0.1, -0.05) is 36.4 Å². The number of allylic oxidation sites excluding steroid dienone is 1. The Bertz CT molecular complexity index is 1740. The molecule has 1 aromatic carbocycles. The summed E-state index contributed by atoms with van der Waals surface area (Å²) < 4.78 is 65.6. The zero-order chi connectivity index (χ0) is 36.5. The number of fused-ring (bicyclic) bond motifs is 10. The largest absolute Gasteiger partial charge is 0.459 e. The average molecular weight is 734 g/mol. The molecule has 0 aromatic heterocycles. The second kappa shape index (κ2) is 14.7. The van der Waals surface area contributed by atoms with Gasteiger partial charge in [0.05, 0.1) is 18.4 Å². The lowest BCUT2D eigenvalue weighted by Crippen LogP contribution is -2.58. The number of esters is 1. The second-order valence-electron chi connectivity index (χ2n) is 13.6. The molecule has 4 aliphatic heterocycles. The molecular weight excluding hydrogens is 692 g/mol. The van der Waals surface area contributed by atoms with Gasteiger partial charge in [0.15, 0.2) is 0 Å². The van der Waals surface area contributed by atoms with Crippen LogP contribution in [0.1, 0.15) is 61.6 Å². The van der Waals surface area contributed by atoms with Crippen molar-refractivity contribution in [3.05, 3.63) is 53.6 Å². The summed E-state index contributed by atoms with van der Waals surface area (Å²) in [5.41, 5.74) is 1.23. The third kappa shape index (κ3) is 8.08. The fourth-order valence-electron chi connectivity index (χ4n) is 6.90. The Morgan fingerprint density at radius 3 is 2.69 bits per heavy atom. The van der Waals surface area contributed by atoms with Crippen molar-refractivity contribution in [1.82, 2.24) is 25.6 Å². The summed E-state index contributed by atoms with van der Waals surface area (Å²) in [6.45, 7) is 3.61. The van der Waals surface area contributed by atoms with Crippen LogP contribution in [0.25, 0.3) is 6.08 Å².